The van der Waals surface area contributed by atoms with E-state index in [0.29, 0.717) is 5.82 Å². The Morgan fingerprint density at radius 2 is 1.89 bits per heavy atom. The van der Waals surface area contributed by atoms with Crippen molar-refractivity contribution in [1.29, 1.82) is 0 Å². The summed E-state index contributed by atoms with van der Waals surface area (Å²) in [6.07, 6.45) is 0.287. The van der Waals surface area contributed by atoms with Crippen molar-refractivity contribution in [2.75, 3.05) is 7.05 Å². The zero-order valence-corrected chi connectivity index (χ0v) is 10.4. The molecular formula is C11H12F3N5. The largest absolute Gasteiger partial charge is 0.313 e. The number of likely N-dealkylation sites (N-methyl/N-ethyl adjacent to an activating group) is 1. The zero-order valence-electron chi connectivity index (χ0n) is 10.4. The van der Waals surface area contributed by atoms with Crippen LogP contribution in [0.3, 0.4) is 0 Å². The number of nitrogens with zero attached hydrogens (tertiary/aromatic N) is 4. The van der Waals surface area contributed by atoms with Crippen LogP contribution < -0.4 is 5.32 Å². The number of aryl methyl sites for hydroxylation is 1. The summed E-state index contributed by atoms with van der Waals surface area (Å²) < 4.78 is 39.3. The van der Waals surface area contributed by atoms with Crippen LogP contribution in [0.2, 0.25) is 0 Å². The molecule has 19 heavy (non-hydrogen) atoms. The molecule has 2 aromatic rings. The minimum absolute atomic E-state index is 0.284. The van der Waals surface area contributed by atoms with E-state index in [2.05, 4.69) is 20.7 Å². The van der Waals surface area contributed by atoms with Gasteiger partial charge in [0, 0.05) is 12.5 Å². The summed E-state index contributed by atoms with van der Waals surface area (Å²) in [6, 6.07) is 1.47. The van der Waals surface area contributed by atoms with Crippen molar-refractivity contribution in [3.63, 3.8) is 0 Å². The van der Waals surface area contributed by atoms with Crippen LogP contribution in [0.4, 0.5) is 13.2 Å². The number of tetrazole rings is 1. The number of hydrogen-bond donors (Lipinski definition) is 1. The van der Waals surface area contributed by atoms with Gasteiger partial charge in [0.05, 0.1) is 7.05 Å². The van der Waals surface area contributed by atoms with Gasteiger partial charge in [-0.15, -0.1) is 10.2 Å². The van der Waals surface area contributed by atoms with Gasteiger partial charge in [-0.3, -0.25) is 0 Å². The Kier molecular flexibility index (Phi) is 3.79. The summed E-state index contributed by atoms with van der Waals surface area (Å²) >= 11 is 0. The third-order valence-corrected chi connectivity index (χ3v) is 2.69. The predicted molar refractivity (Wildman–Crippen MR) is 60.6 cm³/mol. The molecule has 1 aromatic heterocycles. The summed E-state index contributed by atoms with van der Waals surface area (Å²) in [5.74, 6) is -3.49. The summed E-state index contributed by atoms with van der Waals surface area (Å²) in [7, 11) is 3.24. The molecule has 1 N–H and O–H groups in total. The number of rotatable bonds is 4. The average Bonchev–Trinajstić information content (AvgIpc) is 2.78. The highest BCUT2D eigenvalue weighted by Gasteiger charge is 2.18. The minimum Gasteiger partial charge on any atom is -0.313 e. The number of nitrogens with one attached hydrogen (secondary N) is 1. The molecule has 102 valence electrons. The number of hydrogen-bond acceptors (Lipinski definition) is 4. The van der Waals surface area contributed by atoms with Crippen molar-refractivity contribution in [3.05, 3.63) is 41.0 Å². The molecule has 0 bridgehead atoms. The molecule has 1 atom stereocenters. The van der Waals surface area contributed by atoms with Crippen LogP contribution >= 0.6 is 0 Å². The number of halogens is 3. The van der Waals surface area contributed by atoms with E-state index in [9.17, 15) is 13.2 Å². The molecule has 0 fully saturated rings. The minimum atomic E-state index is -1.48. The number of aromatic nitrogens is 4. The molecule has 0 saturated carbocycles. The first-order valence-electron chi connectivity index (χ1n) is 5.56. The van der Waals surface area contributed by atoms with Gasteiger partial charge in [-0.25, -0.2) is 13.2 Å². The third-order valence-electron chi connectivity index (χ3n) is 2.69. The van der Waals surface area contributed by atoms with Crippen LogP contribution in [0.15, 0.2) is 12.1 Å². The second-order valence-corrected chi connectivity index (χ2v) is 4.04. The van der Waals surface area contributed by atoms with E-state index in [-0.39, 0.29) is 12.0 Å². The van der Waals surface area contributed by atoms with E-state index in [4.69, 9.17) is 0 Å². The molecule has 0 aliphatic heterocycles. The highest BCUT2D eigenvalue weighted by Crippen LogP contribution is 2.21. The van der Waals surface area contributed by atoms with Gasteiger partial charge >= 0.3 is 0 Å². The normalized spacial score (nSPS) is 12.7. The Labute approximate surface area is 107 Å². The van der Waals surface area contributed by atoms with Gasteiger partial charge in [0.15, 0.2) is 23.3 Å². The van der Waals surface area contributed by atoms with Gasteiger partial charge in [-0.05, 0) is 30.0 Å². The van der Waals surface area contributed by atoms with Crippen LogP contribution in [0, 0.1) is 17.5 Å². The molecule has 1 aromatic carbocycles. The van der Waals surface area contributed by atoms with Gasteiger partial charge in [0.25, 0.3) is 0 Å². The fourth-order valence-electron chi connectivity index (χ4n) is 1.75. The molecular weight excluding hydrogens is 259 g/mol. The van der Waals surface area contributed by atoms with Crippen molar-refractivity contribution in [3.8, 4) is 0 Å². The van der Waals surface area contributed by atoms with Gasteiger partial charge in [0.2, 0.25) is 0 Å². The summed E-state index contributed by atoms with van der Waals surface area (Å²) in [5, 5.41) is 14.3. The second kappa shape index (κ2) is 5.35. The molecule has 0 radical (unpaired) electrons. The maximum Gasteiger partial charge on any atom is 0.194 e. The number of benzene rings is 1. The fraction of sp³-hybridized carbons (Fsp3) is 0.364. The summed E-state index contributed by atoms with van der Waals surface area (Å²) in [4.78, 5) is 1.29. The molecule has 0 amide bonds. The van der Waals surface area contributed by atoms with Gasteiger partial charge in [0.1, 0.15) is 0 Å². The SMILES string of the molecule is CNC(Cc1nnn(C)n1)c1cc(F)c(F)c(F)c1. The quantitative estimate of drug-likeness (QED) is 0.847. The third kappa shape index (κ3) is 2.90. The van der Waals surface area contributed by atoms with Crippen LogP contribution in [0.5, 0.6) is 0 Å². The first-order chi connectivity index (χ1) is 9.01. The van der Waals surface area contributed by atoms with Crippen LogP contribution in [-0.2, 0) is 13.5 Å². The van der Waals surface area contributed by atoms with Crippen molar-refractivity contribution >= 4 is 0 Å². The standard InChI is InChI=1S/C11H12F3N5/c1-15-9(5-10-16-18-19(2)17-10)6-3-7(12)11(14)8(13)4-6/h3-4,9,15H,5H2,1-2H3. The lowest BCUT2D eigenvalue weighted by atomic mass is 10.0. The molecule has 8 heteroatoms. The fourth-order valence-corrected chi connectivity index (χ4v) is 1.75. The molecule has 0 spiro atoms. The van der Waals surface area contributed by atoms with Gasteiger partial charge in [-0.2, -0.15) is 4.80 Å². The van der Waals surface area contributed by atoms with E-state index in [1.807, 2.05) is 0 Å². The van der Waals surface area contributed by atoms with Gasteiger partial charge < -0.3 is 5.32 Å². The van der Waals surface area contributed by atoms with E-state index in [0.717, 1.165) is 12.1 Å². The average molecular weight is 271 g/mol. The Balaban J connectivity index is 2.27. The maximum atomic E-state index is 13.2. The van der Waals surface area contributed by atoms with E-state index >= 15 is 0 Å². The lowest BCUT2D eigenvalue weighted by Gasteiger charge is -2.15. The molecule has 2 rings (SSSR count). The lowest BCUT2D eigenvalue weighted by Crippen LogP contribution is -2.20. The molecule has 0 aliphatic carbocycles. The smallest absolute Gasteiger partial charge is 0.194 e. The van der Waals surface area contributed by atoms with Crippen molar-refractivity contribution in [2.45, 2.75) is 12.5 Å². The predicted octanol–water partition coefficient (Wildman–Crippen LogP) is 1.13. The monoisotopic (exact) mass is 271 g/mol. The van der Waals surface area contributed by atoms with Gasteiger partial charge in [-0.1, -0.05) is 0 Å². The molecule has 0 aliphatic rings. The second-order valence-electron chi connectivity index (χ2n) is 4.04. The summed E-state index contributed by atoms with van der Waals surface area (Å²) in [5.41, 5.74) is 0.284. The van der Waals surface area contributed by atoms with Crippen LogP contribution in [0.25, 0.3) is 0 Å². The maximum absolute atomic E-state index is 13.2. The first-order valence-corrected chi connectivity index (χ1v) is 5.56. The van der Waals surface area contributed by atoms with Crippen LogP contribution in [-0.4, -0.2) is 27.3 Å². The molecule has 1 heterocycles. The van der Waals surface area contributed by atoms with Crippen LogP contribution in [0.1, 0.15) is 17.4 Å². The van der Waals surface area contributed by atoms with Crippen molar-refractivity contribution < 1.29 is 13.2 Å². The zero-order chi connectivity index (χ0) is 14.0. The summed E-state index contributed by atoms with van der Waals surface area (Å²) in [6.45, 7) is 0. The highest BCUT2D eigenvalue weighted by molar-refractivity contribution is 5.23. The topological polar surface area (TPSA) is 55.6 Å². The lowest BCUT2D eigenvalue weighted by molar-refractivity contribution is 0.440. The van der Waals surface area contributed by atoms with Crippen molar-refractivity contribution in [1.82, 2.24) is 25.5 Å². The Hall–Kier alpha value is -1.96. The highest BCUT2D eigenvalue weighted by atomic mass is 19.2. The Morgan fingerprint density at radius 3 is 2.37 bits per heavy atom. The van der Waals surface area contributed by atoms with E-state index < -0.39 is 23.5 Å². The molecule has 0 saturated heterocycles. The Bertz CT molecular complexity index is 560. The first kappa shape index (κ1) is 13.5. The molecule has 5 nitrogen and oxygen atoms in total. The Morgan fingerprint density at radius 1 is 1.26 bits per heavy atom. The van der Waals surface area contributed by atoms with Crippen molar-refractivity contribution in [2.24, 2.45) is 7.05 Å². The van der Waals surface area contributed by atoms with E-state index in [1.54, 1.807) is 14.1 Å². The van der Waals surface area contributed by atoms with E-state index in [1.165, 1.54) is 4.80 Å². The molecule has 1 unspecified atom stereocenters.